The molecule has 2 aliphatic carbocycles. The maximum atomic E-state index is 3.71. The summed E-state index contributed by atoms with van der Waals surface area (Å²) in [5.41, 5.74) is 0. The van der Waals surface area contributed by atoms with Crippen LogP contribution in [0.5, 0.6) is 0 Å². The molecule has 1 N–H and O–H groups in total. The average Bonchev–Trinajstić information content (AvgIpc) is 3.03. The van der Waals surface area contributed by atoms with Crippen molar-refractivity contribution >= 4 is 0 Å². The van der Waals surface area contributed by atoms with Crippen LogP contribution in [-0.2, 0) is 0 Å². The SMILES string of the molecule is CN1CCCC1CN(C)C1CCC1CNC1CC1. The number of hydrogen-bond donors (Lipinski definition) is 1. The molecule has 3 unspecified atom stereocenters. The standard InChI is InChI=1S/C15H29N3/c1-17-9-3-4-14(17)11-18(2)15-8-5-12(15)10-16-13-6-7-13/h12-16H,3-11H2,1-2H3. The van der Waals surface area contributed by atoms with Crippen LogP contribution in [0.4, 0.5) is 0 Å². The molecular weight excluding hydrogens is 222 g/mol. The molecule has 1 heterocycles. The van der Waals surface area contributed by atoms with Gasteiger partial charge in [0.2, 0.25) is 0 Å². The van der Waals surface area contributed by atoms with Gasteiger partial charge >= 0.3 is 0 Å². The summed E-state index contributed by atoms with van der Waals surface area (Å²) >= 11 is 0. The lowest BCUT2D eigenvalue weighted by atomic mass is 9.78. The van der Waals surface area contributed by atoms with Gasteiger partial charge < -0.3 is 15.1 Å². The molecule has 0 aromatic rings. The normalized spacial score (nSPS) is 37.2. The first-order valence-corrected chi connectivity index (χ1v) is 7.88. The second-order valence-corrected chi connectivity index (χ2v) is 6.80. The van der Waals surface area contributed by atoms with Gasteiger partial charge in [-0.05, 0) is 71.6 Å². The first-order valence-electron chi connectivity index (χ1n) is 7.88. The van der Waals surface area contributed by atoms with Crippen LogP contribution in [0, 0.1) is 5.92 Å². The van der Waals surface area contributed by atoms with E-state index in [0.717, 1.165) is 24.0 Å². The fourth-order valence-corrected chi connectivity index (χ4v) is 3.65. The Morgan fingerprint density at radius 1 is 1.17 bits per heavy atom. The molecule has 3 atom stereocenters. The average molecular weight is 251 g/mol. The highest BCUT2D eigenvalue weighted by Crippen LogP contribution is 2.32. The summed E-state index contributed by atoms with van der Waals surface area (Å²) < 4.78 is 0. The second-order valence-electron chi connectivity index (χ2n) is 6.80. The zero-order valence-electron chi connectivity index (χ0n) is 12.1. The van der Waals surface area contributed by atoms with Crippen molar-refractivity contribution in [2.75, 3.05) is 33.7 Å². The van der Waals surface area contributed by atoms with Crippen molar-refractivity contribution in [3.8, 4) is 0 Å². The van der Waals surface area contributed by atoms with Crippen molar-refractivity contribution < 1.29 is 0 Å². The lowest BCUT2D eigenvalue weighted by molar-refractivity contribution is 0.0656. The summed E-state index contributed by atoms with van der Waals surface area (Å²) in [6.45, 7) is 3.84. The molecule has 0 aromatic heterocycles. The van der Waals surface area contributed by atoms with Gasteiger partial charge in [-0.15, -0.1) is 0 Å². The molecule has 3 nitrogen and oxygen atoms in total. The van der Waals surface area contributed by atoms with Crippen molar-refractivity contribution in [2.45, 2.75) is 56.7 Å². The largest absolute Gasteiger partial charge is 0.314 e. The van der Waals surface area contributed by atoms with E-state index in [2.05, 4.69) is 29.2 Å². The van der Waals surface area contributed by atoms with Crippen LogP contribution in [-0.4, -0.2) is 61.7 Å². The first-order chi connectivity index (χ1) is 8.74. The molecule has 3 fully saturated rings. The molecule has 2 saturated carbocycles. The van der Waals surface area contributed by atoms with E-state index in [1.807, 2.05) is 0 Å². The Bertz CT molecular complexity index is 277. The highest BCUT2D eigenvalue weighted by molar-refractivity contribution is 4.93. The molecule has 1 aliphatic heterocycles. The van der Waals surface area contributed by atoms with Crippen LogP contribution in [0.25, 0.3) is 0 Å². The van der Waals surface area contributed by atoms with Gasteiger partial charge in [-0.2, -0.15) is 0 Å². The molecule has 1 saturated heterocycles. The summed E-state index contributed by atoms with van der Waals surface area (Å²) in [4.78, 5) is 5.20. The Hall–Kier alpha value is -0.120. The molecule has 0 amide bonds. The number of likely N-dealkylation sites (N-methyl/N-ethyl adjacent to an activating group) is 2. The fourth-order valence-electron chi connectivity index (χ4n) is 3.65. The molecular formula is C15H29N3. The maximum absolute atomic E-state index is 3.71. The third kappa shape index (κ3) is 2.89. The Morgan fingerprint density at radius 3 is 2.56 bits per heavy atom. The predicted octanol–water partition coefficient (Wildman–Crippen LogP) is 1.54. The first kappa shape index (κ1) is 12.9. The molecule has 3 heteroatoms. The molecule has 0 bridgehead atoms. The lowest BCUT2D eigenvalue weighted by Crippen LogP contribution is -2.52. The highest BCUT2D eigenvalue weighted by atomic mass is 15.2. The second kappa shape index (κ2) is 5.48. The number of nitrogens with one attached hydrogen (secondary N) is 1. The maximum Gasteiger partial charge on any atom is 0.0220 e. The minimum absolute atomic E-state index is 0.813. The van der Waals surface area contributed by atoms with E-state index >= 15 is 0 Å². The monoisotopic (exact) mass is 251 g/mol. The lowest BCUT2D eigenvalue weighted by Gasteiger charge is -2.44. The minimum Gasteiger partial charge on any atom is -0.314 e. The van der Waals surface area contributed by atoms with Crippen molar-refractivity contribution in [2.24, 2.45) is 5.92 Å². The van der Waals surface area contributed by atoms with Crippen molar-refractivity contribution in [1.29, 1.82) is 0 Å². The third-order valence-electron chi connectivity index (χ3n) is 5.36. The summed E-state index contributed by atoms with van der Waals surface area (Å²) in [5.74, 6) is 0.919. The van der Waals surface area contributed by atoms with Crippen LogP contribution >= 0.6 is 0 Å². The van der Waals surface area contributed by atoms with Gasteiger partial charge in [-0.25, -0.2) is 0 Å². The fraction of sp³-hybridized carbons (Fsp3) is 1.00. The molecule has 104 valence electrons. The van der Waals surface area contributed by atoms with Gasteiger partial charge in [0.15, 0.2) is 0 Å². The van der Waals surface area contributed by atoms with Gasteiger partial charge in [-0.3, -0.25) is 0 Å². The molecule has 0 radical (unpaired) electrons. The van der Waals surface area contributed by atoms with E-state index in [9.17, 15) is 0 Å². The smallest absolute Gasteiger partial charge is 0.0220 e. The van der Waals surface area contributed by atoms with E-state index < -0.39 is 0 Å². The number of rotatable bonds is 6. The van der Waals surface area contributed by atoms with E-state index in [-0.39, 0.29) is 0 Å². The highest BCUT2D eigenvalue weighted by Gasteiger charge is 2.36. The van der Waals surface area contributed by atoms with Gasteiger partial charge in [-0.1, -0.05) is 0 Å². The zero-order valence-corrected chi connectivity index (χ0v) is 12.1. The van der Waals surface area contributed by atoms with Crippen LogP contribution in [0.2, 0.25) is 0 Å². The van der Waals surface area contributed by atoms with Crippen LogP contribution in [0.15, 0.2) is 0 Å². The molecule has 3 aliphatic rings. The Labute approximate surface area is 112 Å². The van der Waals surface area contributed by atoms with Crippen LogP contribution < -0.4 is 5.32 Å². The molecule has 3 rings (SSSR count). The van der Waals surface area contributed by atoms with Crippen molar-refractivity contribution in [3.05, 3.63) is 0 Å². The van der Waals surface area contributed by atoms with Crippen molar-refractivity contribution in [1.82, 2.24) is 15.1 Å². The summed E-state index contributed by atoms with van der Waals surface area (Å²) in [5, 5.41) is 3.71. The van der Waals surface area contributed by atoms with Gasteiger partial charge in [0.05, 0.1) is 0 Å². The Kier molecular flexibility index (Phi) is 3.92. The van der Waals surface area contributed by atoms with Crippen molar-refractivity contribution in [3.63, 3.8) is 0 Å². The van der Waals surface area contributed by atoms with E-state index in [1.54, 1.807) is 0 Å². The third-order valence-corrected chi connectivity index (χ3v) is 5.36. The summed E-state index contributed by atoms with van der Waals surface area (Å²) in [6.07, 6.45) is 8.49. The van der Waals surface area contributed by atoms with E-state index in [1.165, 1.54) is 58.2 Å². The van der Waals surface area contributed by atoms with E-state index in [4.69, 9.17) is 0 Å². The van der Waals surface area contributed by atoms with Gasteiger partial charge in [0, 0.05) is 24.7 Å². The number of hydrogen-bond acceptors (Lipinski definition) is 3. The number of likely N-dealkylation sites (tertiary alicyclic amines) is 1. The summed E-state index contributed by atoms with van der Waals surface area (Å²) in [6, 6.07) is 2.54. The number of nitrogens with zero attached hydrogens (tertiary/aromatic N) is 2. The van der Waals surface area contributed by atoms with Gasteiger partial charge in [0.25, 0.3) is 0 Å². The minimum atomic E-state index is 0.813. The topological polar surface area (TPSA) is 18.5 Å². The summed E-state index contributed by atoms with van der Waals surface area (Å²) in [7, 11) is 4.64. The Balaban J connectivity index is 1.41. The van der Waals surface area contributed by atoms with Crippen LogP contribution in [0.3, 0.4) is 0 Å². The predicted molar refractivity (Wildman–Crippen MR) is 75.8 cm³/mol. The van der Waals surface area contributed by atoms with E-state index in [0.29, 0.717) is 0 Å². The van der Waals surface area contributed by atoms with Crippen LogP contribution in [0.1, 0.15) is 38.5 Å². The molecule has 0 spiro atoms. The zero-order chi connectivity index (χ0) is 12.5. The van der Waals surface area contributed by atoms with Gasteiger partial charge in [0.1, 0.15) is 0 Å². The molecule has 0 aromatic carbocycles. The molecule has 18 heavy (non-hydrogen) atoms. The Morgan fingerprint density at radius 2 is 2.00 bits per heavy atom. The quantitative estimate of drug-likeness (QED) is 0.772.